The molecule has 0 N–H and O–H groups in total. The van der Waals surface area contributed by atoms with Crippen LogP contribution in [0.5, 0.6) is 0 Å². The first kappa shape index (κ1) is 13.4. The summed E-state index contributed by atoms with van der Waals surface area (Å²) in [6.45, 7) is 3.28. The van der Waals surface area contributed by atoms with Gasteiger partial charge in [0.25, 0.3) is 0 Å². The third-order valence-corrected chi connectivity index (χ3v) is 2.97. The van der Waals surface area contributed by atoms with Crippen molar-refractivity contribution in [2.45, 2.75) is 20.0 Å². The molecule has 2 aromatic rings. The quantitative estimate of drug-likeness (QED) is 0.478. The maximum atomic E-state index is 11.0. The lowest BCUT2D eigenvalue weighted by Crippen LogP contribution is -2.07. The number of nitrogens with zero attached hydrogens (tertiary/aromatic N) is 1. The van der Waals surface area contributed by atoms with Gasteiger partial charge in [0.2, 0.25) is 0 Å². The number of benzene rings is 1. The molecule has 1 aromatic heterocycles. The van der Waals surface area contributed by atoms with Crippen molar-refractivity contribution in [3.8, 4) is 12.3 Å². The summed E-state index contributed by atoms with van der Waals surface area (Å²) in [5.41, 5.74) is 2.40. The SMILES string of the molecule is C#CC(OC(C)=O)c1cc2ccc(C)cc2nc1Cl. The van der Waals surface area contributed by atoms with E-state index in [1.165, 1.54) is 6.92 Å². The van der Waals surface area contributed by atoms with E-state index in [0.717, 1.165) is 16.5 Å². The standard InChI is InChI=1S/C15H12ClNO2/c1-4-14(19-10(3)18)12-8-11-6-5-9(2)7-13(11)17-15(12)16/h1,5-8,14H,2-3H3. The van der Waals surface area contributed by atoms with Crippen LogP contribution in [0.2, 0.25) is 5.15 Å². The second-order valence-corrected chi connectivity index (χ2v) is 4.58. The second kappa shape index (κ2) is 5.29. The van der Waals surface area contributed by atoms with E-state index in [-0.39, 0.29) is 5.15 Å². The van der Waals surface area contributed by atoms with Crippen molar-refractivity contribution < 1.29 is 9.53 Å². The molecule has 0 aliphatic carbocycles. The van der Waals surface area contributed by atoms with Crippen LogP contribution in [0.4, 0.5) is 0 Å². The Kier molecular flexibility index (Phi) is 3.73. The zero-order valence-electron chi connectivity index (χ0n) is 10.6. The number of hydrogen-bond acceptors (Lipinski definition) is 3. The van der Waals surface area contributed by atoms with Gasteiger partial charge in [-0.15, -0.1) is 6.42 Å². The van der Waals surface area contributed by atoms with E-state index in [1.807, 2.05) is 25.1 Å². The summed E-state index contributed by atoms with van der Waals surface area (Å²) in [6.07, 6.45) is 4.56. The highest BCUT2D eigenvalue weighted by atomic mass is 35.5. The number of aryl methyl sites for hydroxylation is 1. The van der Waals surface area contributed by atoms with Gasteiger partial charge in [-0.05, 0) is 24.6 Å². The van der Waals surface area contributed by atoms with Crippen LogP contribution in [0.25, 0.3) is 10.9 Å². The highest BCUT2D eigenvalue weighted by Gasteiger charge is 2.17. The Morgan fingerprint density at radius 2 is 2.21 bits per heavy atom. The molecule has 19 heavy (non-hydrogen) atoms. The van der Waals surface area contributed by atoms with Crippen LogP contribution in [0.15, 0.2) is 24.3 Å². The molecule has 96 valence electrons. The molecule has 0 fully saturated rings. The number of halogens is 1. The molecular formula is C15H12ClNO2. The minimum atomic E-state index is -0.816. The fourth-order valence-corrected chi connectivity index (χ4v) is 2.05. The van der Waals surface area contributed by atoms with Crippen LogP contribution in [-0.4, -0.2) is 11.0 Å². The molecule has 1 aromatic carbocycles. The minimum Gasteiger partial charge on any atom is -0.444 e. The molecule has 2 rings (SSSR count). The lowest BCUT2D eigenvalue weighted by molar-refractivity contribution is -0.144. The Labute approximate surface area is 116 Å². The smallest absolute Gasteiger partial charge is 0.304 e. The van der Waals surface area contributed by atoms with Crippen LogP contribution in [0.1, 0.15) is 24.2 Å². The van der Waals surface area contributed by atoms with Crippen LogP contribution >= 0.6 is 11.6 Å². The second-order valence-electron chi connectivity index (χ2n) is 4.22. The van der Waals surface area contributed by atoms with Crippen LogP contribution in [-0.2, 0) is 9.53 Å². The number of ether oxygens (including phenoxy) is 1. The van der Waals surface area contributed by atoms with E-state index in [9.17, 15) is 4.79 Å². The van der Waals surface area contributed by atoms with Gasteiger partial charge in [0, 0.05) is 17.9 Å². The zero-order valence-corrected chi connectivity index (χ0v) is 11.4. The Morgan fingerprint density at radius 3 is 2.84 bits per heavy atom. The maximum Gasteiger partial charge on any atom is 0.304 e. The molecule has 3 nitrogen and oxygen atoms in total. The van der Waals surface area contributed by atoms with E-state index in [2.05, 4.69) is 10.9 Å². The Balaban J connectivity index is 2.55. The van der Waals surface area contributed by atoms with Crippen LogP contribution in [0.3, 0.4) is 0 Å². The van der Waals surface area contributed by atoms with Gasteiger partial charge >= 0.3 is 5.97 Å². The number of hydrogen-bond donors (Lipinski definition) is 0. The molecule has 0 saturated heterocycles. The molecule has 0 spiro atoms. The van der Waals surface area contributed by atoms with Crippen molar-refractivity contribution in [1.82, 2.24) is 4.98 Å². The molecular weight excluding hydrogens is 262 g/mol. The summed E-state index contributed by atoms with van der Waals surface area (Å²) >= 11 is 6.11. The molecule has 1 heterocycles. The summed E-state index contributed by atoms with van der Waals surface area (Å²) in [6, 6.07) is 7.64. The van der Waals surface area contributed by atoms with Gasteiger partial charge in [0.15, 0.2) is 6.10 Å². The number of terminal acetylenes is 1. The van der Waals surface area contributed by atoms with Crippen molar-refractivity contribution in [3.05, 3.63) is 40.5 Å². The number of carbonyl (C=O) groups excluding carboxylic acids is 1. The molecule has 1 atom stereocenters. The fourth-order valence-electron chi connectivity index (χ4n) is 1.81. The van der Waals surface area contributed by atoms with E-state index in [4.69, 9.17) is 22.8 Å². The summed E-state index contributed by atoms with van der Waals surface area (Å²) in [4.78, 5) is 15.3. The van der Waals surface area contributed by atoms with Crippen molar-refractivity contribution in [1.29, 1.82) is 0 Å². The number of fused-ring (bicyclic) bond motifs is 1. The highest BCUT2D eigenvalue weighted by molar-refractivity contribution is 6.30. The Bertz CT molecular complexity index is 688. The Morgan fingerprint density at radius 1 is 1.47 bits per heavy atom. The first-order valence-electron chi connectivity index (χ1n) is 5.71. The predicted molar refractivity (Wildman–Crippen MR) is 74.8 cm³/mol. The van der Waals surface area contributed by atoms with Gasteiger partial charge in [-0.3, -0.25) is 4.79 Å². The molecule has 0 aliphatic heterocycles. The minimum absolute atomic E-state index is 0.252. The van der Waals surface area contributed by atoms with Crippen molar-refractivity contribution in [2.75, 3.05) is 0 Å². The number of pyridine rings is 1. The number of aromatic nitrogens is 1. The summed E-state index contributed by atoms with van der Waals surface area (Å²) < 4.78 is 5.04. The van der Waals surface area contributed by atoms with Gasteiger partial charge < -0.3 is 4.74 Å². The lowest BCUT2D eigenvalue weighted by Gasteiger charge is -2.13. The van der Waals surface area contributed by atoms with Crippen LogP contribution < -0.4 is 0 Å². The molecule has 0 amide bonds. The normalized spacial score (nSPS) is 11.9. The summed E-state index contributed by atoms with van der Waals surface area (Å²) in [5.74, 6) is 1.94. The van der Waals surface area contributed by atoms with Crippen molar-refractivity contribution >= 4 is 28.5 Å². The van der Waals surface area contributed by atoms with E-state index in [1.54, 1.807) is 6.07 Å². The fraction of sp³-hybridized carbons (Fsp3) is 0.200. The average Bonchev–Trinajstić information content (AvgIpc) is 2.35. The Hall–Kier alpha value is -2.05. The van der Waals surface area contributed by atoms with Gasteiger partial charge in [0.05, 0.1) is 5.52 Å². The highest BCUT2D eigenvalue weighted by Crippen LogP contribution is 2.28. The molecule has 0 aliphatic rings. The average molecular weight is 274 g/mol. The number of carbonyl (C=O) groups is 1. The molecule has 0 radical (unpaired) electrons. The monoisotopic (exact) mass is 273 g/mol. The molecule has 1 unspecified atom stereocenters. The van der Waals surface area contributed by atoms with Crippen molar-refractivity contribution in [2.24, 2.45) is 0 Å². The van der Waals surface area contributed by atoms with Crippen LogP contribution in [0, 0.1) is 19.3 Å². The first-order chi connectivity index (χ1) is 9.01. The summed E-state index contributed by atoms with van der Waals surface area (Å²) in [5, 5.41) is 1.15. The predicted octanol–water partition coefficient (Wildman–Crippen LogP) is 3.43. The number of rotatable bonds is 2. The largest absolute Gasteiger partial charge is 0.444 e. The summed E-state index contributed by atoms with van der Waals surface area (Å²) in [7, 11) is 0. The third-order valence-electron chi connectivity index (χ3n) is 2.67. The number of esters is 1. The van der Waals surface area contributed by atoms with E-state index < -0.39 is 12.1 Å². The maximum absolute atomic E-state index is 11.0. The van der Waals surface area contributed by atoms with Gasteiger partial charge in [0.1, 0.15) is 5.15 Å². The lowest BCUT2D eigenvalue weighted by atomic mass is 10.1. The van der Waals surface area contributed by atoms with E-state index in [0.29, 0.717) is 5.56 Å². The van der Waals surface area contributed by atoms with Crippen molar-refractivity contribution in [3.63, 3.8) is 0 Å². The van der Waals surface area contributed by atoms with Gasteiger partial charge in [-0.25, -0.2) is 4.98 Å². The third kappa shape index (κ3) is 2.86. The topological polar surface area (TPSA) is 39.2 Å². The first-order valence-corrected chi connectivity index (χ1v) is 6.09. The van der Waals surface area contributed by atoms with E-state index >= 15 is 0 Å². The molecule has 0 bridgehead atoms. The zero-order chi connectivity index (χ0) is 14.0. The van der Waals surface area contributed by atoms with Gasteiger partial charge in [-0.2, -0.15) is 0 Å². The van der Waals surface area contributed by atoms with Gasteiger partial charge in [-0.1, -0.05) is 29.7 Å². The molecule has 4 heteroatoms. The molecule has 0 saturated carbocycles.